The van der Waals surface area contributed by atoms with E-state index in [0.29, 0.717) is 17.1 Å². The predicted octanol–water partition coefficient (Wildman–Crippen LogP) is 7.31. The highest BCUT2D eigenvalue weighted by Crippen LogP contribution is 2.32. The summed E-state index contributed by atoms with van der Waals surface area (Å²) in [4.78, 5) is 13.2. The Balaban J connectivity index is 1.84. The highest BCUT2D eigenvalue weighted by molar-refractivity contribution is 9.10. The van der Waals surface area contributed by atoms with E-state index in [4.69, 9.17) is 16.7 Å². The first kappa shape index (κ1) is 21.5. The van der Waals surface area contributed by atoms with Gasteiger partial charge in [-0.2, -0.15) is 5.10 Å². The van der Waals surface area contributed by atoms with Crippen LogP contribution in [0, 0.1) is 20.8 Å². The molecule has 0 radical (unpaired) electrons. The Kier molecular flexibility index (Phi) is 6.12. The van der Waals surface area contributed by atoms with Crippen LogP contribution in [0.4, 0.5) is 0 Å². The van der Waals surface area contributed by atoms with Crippen LogP contribution < -0.4 is 0 Å². The fourth-order valence-electron chi connectivity index (χ4n) is 3.71. The zero-order valence-corrected chi connectivity index (χ0v) is 20.0. The Morgan fingerprint density at radius 3 is 2.29 bits per heavy atom. The summed E-state index contributed by atoms with van der Waals surface area (Å²) in [6.07, 6.45) is 0.317. The first-order valence-electron chi connectivity index (χ1n) is 10.0. The zero-order chi connectivity index (χ0) is 22.1. The van der Waals surface area contributed by atoms with E-state index >= 15 is 0 Å². The van der Waals surface area contributed by atoms with Crippen LogP contribution in [0.2, 0.25) is 5.02 Å². The molecule has 0 aliphatic carbocycles. The molecule has 1 aromatic heterocycles. The molecule has 0 bridgehead atoms. The predicted molar refractivity (Wildman–Crippen MR) is 130 cm³/mol. The molecular weight excluding hydrogens is 472 g/mol. The molecule has 0 saturated heterocycles. The van der Waals surface area contributed by atoms with Crippen molar-refractivity contribution in [2.45, 2.75) is 27.2 Å². The molecule has 0 fully saturated rings. The molecule has 0 aliphatic rings. The van der Waals surface area contributed by atoms with Crippen molar-refractivity contribution in [3.63, 3.8) is 0 Å². The number of aromatic nitrogens is 2. The third-order valence-electron chi connectivity index (χ3n) is 5.38. The van der Waals surface area contributed by atoms with Crippen molar-refractivity contribution in [3.8, 4) is 16.9 Å². The maximum Gasteiger partial charge on any atom is 0.187 e. The fourth-order valence-corrected chi connectivity index (χ4v) is 4.20. The third kappa shape index (κ3) is 4.51. The Labute approximate surface area is 195 Å². The summed E-state index contributed by atoms with van der Waals surface area (Å²) in [5.41, 5.74) is 7.32. The third-order valence-corrected chi connectivity index (χ3v) is 6.14. The number of nitrogens with zero attached hydrogens (tertiary/aromatic N) is 2. The number of hydrogen-bond donors (Lipinski definition) is 0. The minimum atomic E-state index is 0.00470. The monoisotopic (exact) mass is 492 g/mol. The summed E-state index contributed by atoms with van der Waals surface area (Å²) in [6.45, 7) is 6.00. The minimum Gasteiger partial charge on any atom is -0.292 e. The topological polar surface area (TPSA) is 34.9 Å². The molecule has 0 amide bonds. The van der Waals surface area contributed by atoms with Gasteiger partial charge in [-0.1, -0.05) is 69.5 Å². The Morgan fingerprint density at radius 1 is 0.968 bits per heavy atom. The van der Waals surface area contributed by atoms with Gasteiger partial charge in [0.05, 0.1) is 11.4 Å². The van der Waals surface area contributed by atoms with E-state index in [2.05, 4.69) is 15.9 Å². The van der Waals surface area contributed by atoms with E-state index in [0.717, 1.165) is 38.1 Å². The van der Waals surface area contributed by atoms with E-state index in [9.17, 15) is 4.79 Å². The molecular formula is C26H22BrClN2O. The number of halogens is 2. The average molecular weight is 494 g/mol. The number of carbonyl (C=O) groups excluding carboxylic acids is 1. The van der Waals surface area contributed by atoms with Gasteiger partial charge in [0.15, 0.2) is 5.78 Å². The van der Waals surface area contributed by atoms with Crippen molar-refractivity contribution in [2.75, 3.05) is 0 Å². The highest BCUT2D eigenvalue weighted by atomic mass is 79.9. The van der Waals surface area contributed by atoms with Crippen LogP contribution in [0.3, 0.4) is 0 Å². The largest absolute Gasteiger partial charge is 0.292 e. The van der Waals surface area contributed by atoms with Gasteiger partial charge < -0.3 is 0 Å². The maximum absolute atomic E-state index is 13.2. The summed E-state index contributed by atoms with van der Waals surface area (Å²) in [5, 5.41) is 5.47. The summed E-state index contributed by atoms with van der Waals surface area (Å²) in [6, 6.07) is 21.8. The second-order valence-corrected chi connectivity index (χ2v) is 9.11. The summed E-state index contributed by atoms with van der Waals surface area (Å²) in [5.74, 6) is 0.00470. The van der Waals surface area contributed by atoms with Crippen LogP contribution >= 0.6 is 27.5 Å². The van der Waals surface area contributed by atoms with E-state index < -0.39 is 0 Å². The fraction of sp³-hybridized carbons (Fsp3) is 0.154. The van der Waals surface area contributed by atoms with Crippen molar-refractivity contribution >= 4 is 33.3 Å². The molecule has 31 heavy (non-hydrogen) atoms. The van der Waals surface area contributed by atoms with Crippen LogP contribution in [0.25, 0.3) is 16.9 Å². The van der Waals surface area contributed by atoms with Gasteiger partial charge in [0.1, 0.15) is 5.69 Å². The molecule has 0 aliphatic heterocycles. The number of ketones is 1. The van der Waals surface area contributed by atoms with E-state index in [1.54, 1.807) is 0 Å². The smallest absolute Gasteiger partial charge is 0.187 e. The molecule has 0 unspecified atom stereocenters. The van der Waals surface area contributed by atoms with E-state index in [1.165, 1.54) is 5.56 Å². The normalized spacial score (nSPS) is 11.0. The SMILES string of the molecule is Cc1ccc(CC(=O)c2nn(-c3ccc(Cl)cc3C)c(-c3ccc(Br)cc3)c2C)cc1. The Morgan fingerprint density at radius 2 is 1.65 bits per heavy atom. The number of benzene rings is 3. The molecule has 3 nitrogen and oxygen atoms in total. The van der Waals surface area contributed by atoms with Gasteiger partial charge in [-0.25, -0.2) is 4.68 Å². The van der Waals surface area contributed by atoms with Crippen LogP contribution in [-0.2, 0) is 6.42 Å². The second kappa shape index (κ2) is 8.81. The van der Waals surface area contributed by atoms with Crippen LogP contribution in [-0.4, -0.2) is 15.6 Å². The van der Waals surface area contributed by atoms with Gasteiger partial charge in [0.2, 0.25) is 0 Å². The lowest BCUT2D eigenvalue weighted by molar-refractivity contribution is 0.0987. The minimum absolute atomic E-state index is 0.00470. The number of rotatable bonds is 5. The molecule has 0 spiro atoms. The molecule has 5 heteroatoms. The maximum atomic E-state index is 13.2. The highest BCUT2D eigenvalue weighted by Gasteiger charge is 2.23. The van der Waals surface area contributed by atoms with Crippen LogP contribution in [0.1, 0.15) is 32.7 Å². The molecule has 4 aromatic rings. The number of aryl methyl sites for hydroxylation is 2. The summed E-state index contributed by atoms with van der Waals surface area (Å²) in [7, 11) is 0. The lowest BCUT2D eigenvalue weighted by Crippen LogP contribution is -2.07. The van der Waals surface area contributed by atoms with Crippen molar-refractivity contribution in [2.24, 2.45) is 0 Å². The van der Waals surface area contributed by atoms with E-state index in [-0.39, 0.29) is 5.78 Å². The van der Waals surface area contributed by atoms with Crippen molar-refractivity contribution in [1.29, 1.82) is 0 Å². The van der Waals surface area contributed by atoms with E-state index in [1.807, 2.05) is 92.2 Å². The first-order chi connectivity index (χ1) is 14.8. The Bertz CT molecular complexity index is 1260. The Hall–Kier alpha value is -2.69. The van der Waals surface area contributed by atoms with Gasteiger partial charge >= 0.3 is 0 Å². The molecule has 4 rings (SSSR count). The van der Waals surface area contributed by atoms with Crippen LogP contribution in [0.15, 0.2) is 71.2 Å². The summed E-state index contributed by atoms with van der Waals surface area (Å²) >= 11 is 9.68. The standard InChI is InChI=1S/C26H22BrClN2O/c1-16-4-6-19(7-5-16)15-24(31)25-18(3)26(20-8-10-21(27)11-9-20)30(29-25)23-13-12-22(28)14-17(23)2/h4-14H,15H2,1-3H3. The van der Waals surface area contributed by atoms with Gasteiger partial charge in [0, 0.05) is 27.0 Å². The van der Waals surface area contributed by atoms with Gasteiger partial charge in [-0.05, 0) is 62.2 Å². The molecule has 0 N–H and O–H groups in total. The number of carbonyl (C=O) groups is 1. The molecule has 156 valence electrons. The lowest BCUT2D eigenvalue weighted by Gasteiger charge is -2.12. The first-order valence-corrected chi connectivity index (χ1v) is 11.2. The quantitative estimate of drug-likeness (QED) is 0.273. The number of hydrogen-bond acceptors (Lipinski definition) is 2. The average Bonchev–Trinajstić information content (AvgIpc) is 3.07. The zero-order valence-electron chi connectivity index (χ0n) is 17.6. The molecule has 1 heterocycles. The van der Waals surface area contributed by atoms with Crippen molar-refractivity contribution in [3.05, 3.63) is 104 Å². The van der Waals surface area contributed by atoms with Gasteiger partial charge in [-0.15, -0.1) is 0 Å². The lowest BCUT2D eigenvalue weighted by atomic mass is 10.0. The van der Waals surface area contributed by atoms with Crippen molar-refractivity contribution < 1.29 is 4.79 Å². The molecule has 3 aromatic carbocycles. The second-order valence-electron chi connectivity index (χ2n) is 7.76. The van der Waals surface area contributed by atoms with Gasteiger partial charge in [0.25, 0.3) is 0 Å². The van der Waals surface area contributed by atoms with Crippen molar-refractivity contribution in [1.82, 2.24) is 9.78 Å². The molecule has 0 saturated carbocycles. The summed E-state index contributed by atoms with van der Waals surface area (Å²) < 4.78 is 2.87. The van der Waals surface area contributed by atoms with Crippen LogP contribution in [0.5, 0.6) is 0 Å². The molecule has 0 atom stereocenters. The van der Waals surface area contributed by atoms with Gasteiger partial charge in [-0.3, -0.25) is 4.79 Å². The number of Topliss-reactive ketones (excluding diaryl/α,β-unsaturated/α-hetero) is 1.